The Kier molecular flexibility index (Phi) is 6.70. The Morgan fingerprint density at radius 1 is 1.31 bits per heavy atom. The number of methoxy groups -OCH3 is 2. The highest BCUT2D eigenvalue weighted by atomic mass is 16.5. The summed E-state index contributed by atoms with van der Waals surface area (Å²) < 4.78 is 15.5. The lowest BCUT2D eigenvalue weighted by molar-refractivity contribution is -0.144. The predicted molar refractivity (Wildman–Crippen MR) is 93.9 cm³/mol. The molecule has 0 radical (unpaired) electrons. The van der Waals surface area contributed by atoms with Crippen LogP contribution >= 0.6 is 0 Å². The van der Waals surface area contributed by atoms with Crippen LogP contribution in [0, 0.1) is 13.8 Å². The number of ether oxygens (including phenoxy) is 2. The molecule has 8 nitrogen and oxygen atoms in total. The number of likely N-dealkylation sites (N-methyl/N-ethyl adjacent to an activating group) is 1. The third-order valence-electron chi connectivity index (χ3n) is 4.13. The normalized spacial score (nSPS) is 12.4. The number of aromatic nitrogens is 2. The number of benzene rings is 1. The van der Waals surface area contributed by atoms with E-state index in [1.807, 2.05) is 32.9 Å². The maximum Gasteiger partial charge on any atom is 0.325 e. The molecule has 1 atom stereocenters. The van der Waals surface area contributed by atoms with Gasteiger partial charge in [-0.25, -0.2) is 0 Å². The van der Waals surface area contributed by atoms with Gasteiger partial charge in [-0.3, -0.25) is 9.69 Å². The standard InChI is InChI=1S/C18H25N3O5/c1-6-21(9-15-19-14(10-24-4)20-26-15)16(18(22)23)13-7-11(2)17(25-5)12(3)8-13/h7-8,16H,6,9-10H2,1-5H3,(H,22,23)/t16-/m1/s1. The van der Waals surface area contributed by atoms with Crippen molar-refractivity contribution in [3.63, 3.8) is 0 Å². The molecule has 2 aromatic rings. The molecule has 0 unspecified atom stereocenters. The zero-order chi connectivity index (χ0) is 19.3. The number of hydrogen-bond acceptors (Lipinski definition) is 7. The third-order valence-corrected chi connectivity index (χ3v) is 4.13. The molecule has 26 heavy (non-hydrogen) atoms. The summed E-state index contributed by atoms with van der Waals surface area (Å²) in [6.45, 7) is 6.68. The van der Waals surface area contributed by atoms with Crippen LogP contribution in [-0.2, 0) is 22.7 Å². The van der Waals surface area contributed by atoms with Crippen molar-refractivity contribution in [3.8, 4) is 5.75 Å². The molecule has 0 aliphatic heterocycles. The van der Waals surface area contributed by atoms with Gasteiger partial charge >= 0.3 is 5.97 Å². The first kappa shape index (κ1) is 19.9. The Bertz CT molecular complexity index is 736. The van der Waals surface area contributed by atoms with Crippen molar-refractivity contribution in [2.45, 2.75) is 40.0 Å². The minimum Gasteiger partial charge on any atom is -0.496 e. The number of aryl methyl sites for hydroxylation is 2. The minimum atomic E-state index is -0.938. The van der Waals surface area contributed by atoms with Gasteiger partial charge in [-0.05, 0) is 37.1 Å². The number of aliphatic carboxylic acids is 1. The molecule has 0 bridgehead atoms. The summed E-state index contributed by atoms with van der Waals surface area (Å²) in [7, 11) is 3.15. The topological polar surface area (TPSA) is 97.9 Å². The summed E-state index contributed by atoms with van der Waals surface area (Å²) in [6.07, 6.45) is 0. The fourth-order valence-electron chi connectivity index (χ4n) is 3.07. The molecule has 0 saturated heterocycles. The van der Waals surface area contributed by atoms with Crippen molar-refractivity contribution in [1.29, 1.82) is 0 Å². The molecule has 1 aromatic carbocycles. The average molecular weight is 363 g/mol. The van der Waals surface area contributed by atoms with Crippen molar-refractivity contribution in [3.05, 3.63) is 40.5 Å². The smallest absolute Gasteiger partial charge is 0.325 e. The van der Waals surface area contributed by atoms with Gasteiger partial charge in [-0.1, -0.05) is 24.2 Å². The van der Waals surface area contributed by atoms with E-state index in [2.05, 4.69) is 10.1 Å². The summed E-state index contributed by atoms with van der Waals surface area (Å²) in [6, 6.07) is 2.86. The molecule has 1 aromatic heterocycles. The monoisotopic (exact) mass is 363 g/mol. The van der Waals surface area contributed by atoms with Crippen LogP contribution in [0.5, 0.6) is 5.75 Å². The second-order valence-electron chi connectivity index (χ2n) is 6.03. The Morgan fingerprint density at radius 3 is 2.46 bits per heavy atom. The highest BCUT2D eigenvalue weighted by Gasteiger charge is 2.29. The summed E-state index contributed by atoms with van der Waals surface area (Å²) in [4.78, 5) is 18.0. The molecular weight excluding hydrogens is 338 g/mol. The van der Waals surface area contributed by atoms with Gasteiger partial charge in [-0.15, -0.1) is 0 Å². The van der Waals surface area contributed by atoms with Crippen molar-refractivity contribution < 1.29 is 23.9 Å². The number of carboxylic acid groups (broad SMARTS) is 1. The van der Waals surface area contributed by atoms with Crippen LogP contribution in [0.2, 0.25) is 0 Å². The summed E-state index contributed by atoms with van der Waals surface area (Å²) in [5.74, 6) is 0.614. The molecule has 0 amide bonds. The fraction of sp³-hybridized carbons (Fsp3) is 0.500. The van der Waals surface area contributed by atoms with Gasteiger partial charge in [0.25, 0.3) is 0 Å². The van der Waals surface area contributed by atoms with E-state index in [0.29, 0.717) is 23.8 Å². The van der Waals surface area contributed by atoms with Gasteiger partial charge in [0.1, 0.15) is 18.4 Å². The first-order valence-corrected chi connectivity index (χ1v) is 8.33. The SMILES string of the molecule is CCN(Cc1nc(COC)no1)[C@@H](C(=O)O)c1cc(C)c(OC)c(C)c1. The van der Waals surface area contributed by atoms with Crippen LogP contribution in [0.1, 0.15) is 41.4 Å². The van der Waals surface area contributed by atoms with Crippen molar-refractivity contribution in [2.75, 3.05) is 20.8 Å². The van der Waals surface area contributed by atoms with Gasteiger partial charge in [0.15, 0.2) is 5.82 Å². The molecule has 0 spiro atoms. The van der Waals surface area contributed by atoms with E-state index < -0.39 is 12.0 Å². The van der Waals surface area contributed by atoms with Gasteiger partial charge in [0, 0.05) is 7.11 Å². The quantitative estimate of drug-likeness (QED) is 0.726. The number of rotatable bonds is 9. The van der Waals surface area contributed by atoms with E-state index in [1.54, 1.807) is 19.1 Å². The molecule has 1 N–H and O–H groups in total. The molecular formula is C18H25N3O5. The molecule has 1 heterocycles. The van der Waals surface area contributed by atoms with Crippen LogP contribution < -0.4 is 4.74 Å². The summed E-state index contributed by atoms with van der Waals surface area (Å²) in [5, 5.41) is 13.7. The van der Waals surface area contributed by atoms with Crippen LogP contribution in [0.25, 0.3) is 0 Å². The second-order valence-corrected chi connectivity index (χ2v) is 6.03. The Balaban J connectivity index is 2.32. The first-order valence-electron chi connectivity index (χ1n) is 8.33. The lowest BCUT2D eigenvalue weighted by Crippen LogP contribution is -2.34. The van der Waals surface area contributed by atoms with Gasteiger partial charge in [-0.2, -0.15) is 4.98 Å². The zero-order valence-corrected chi connectivity index (χ0v) is 15.8. The first-order chi connectivity index (χ1) is 12.4. The minimum absolute atomic E-state index is 0.230. The third kappa shape index (κ3) is 4.39. The van der Waals surface area contributed by atoms with Gasteiger partial charge in [0.05, 0.1) is 13.7 Å². The highest BCUT2D eigenvalue weighted by molar-refractivity contribution is 5.76. The van der Waals surface area contributed by atoms with E-state index in [4.69, 9.17) is 14.0 Å². The molecule has 0 saturated carbocycles. The van der Waals surface area contributed by atoms with Crippen molar-refractivity contribution in [1.82, 2.24) is 15.0 Å². The summed E-state index contributed by atoms with van der Waals surface area (Å²) in [5.41, 5.74) is 2.47. The highest BCUT2D eigenvalue weighted by Crippen LogP contribution is 2.30. The van der Waals surface area contributed by atoms with Crippen LogP contribution in [0.4, 0.5) is 0 Å². The lowest BCUT2D eigenvalue weighted by Gasteiger charge is -2.27. The lowest BCUT2D eigenvalue weighted by atomic mass is 9.99. The van der Waals surface area contributed by atoms with Crippen LogP contribution in [0.15, 0.2) is 16.7 Å². The zero-order valence-electron chi connectivity index (χ0n) is 15.8. The second kappa shape index (κ2) is 8.77. The Morgan fingerprint density at radius 2 is 1.96 bits per heavy atom. The number of carboxylic acids is 1. The average Bonchev–Trinajstić information content (AvgIpc) is 3.01. The van der Waals surface area contributed by atoms with Gasteiger partial charge < -0.3 is 19.1 Å². The van der Waals surface area contributed by atoms with E-state index in [-0.39, 0.29) is 13.2 Å². The van der Waals surface area contributed by atoms with Crippen LogP contribution in [0.3, 0.4) is 0 Å². The fourth-order valence-corrected chi connectivity index (χ4v) is 3.07. The van der Waals surface area contributed by atoms with E-state index in [1.165, 1.54) is 0 Å². The maximum atomic E-state index is 12.0. The van der Waals surface area contributed by atoms with Crippen molar-refractivity contribution >= 4 is 5.97 Å². The molecule has 0 aliphatic carbocycles. The Labute approximate surface area is 152 Å². The largest absolute Gasteiger partial charge is 0.496 e. The molecule has 0 fully saturated rings. The summed E-state index contributed by atoms with van der Waals surface area (Å²) >= 11 is 0. The van der Waals surface area contributed by atoms with Crippen LogP contribution in [-0.4, -0.2) is 46.9 Å². The molecule has 0 aliphatic rings. The van der Waals surface area contributed by atoms with E-state index in [0.717, 1.165) is 16.9 Å². The predicted octanol–water partition coefficient (Wildman–Crippen LogP) is 2.49. The van der Waals surface area contributed by atoms with Gasteiger partial charge in [0.2, 0.25) is 5.89 Å². The van der Waals surface area contributed by atoms with E-state index >= 15 is 0 Å². The molecule has 142 valence electrons. The number of nitrogens with zero attached hydrogens (tertiary/aromatic N) is 3. The van der Waals surface area contributed by atoms with Crippen molar-refractivity contribution in [2.24, 2.45) is 0 Å². The molecule has 2 rings (SSSR count). The maximum absolute atomic E-state index is 12.0. The number of hydrogen-bond donors (Lipinski definition) is 1. The number of carbonyl (C=O) groups is 1. The molecule has 8 heteroatoms. The Hall–Kier alpha value is -2.45. The van der Waals surface area contributed by atoms with E-state index in [9.17, 15) is 9.90 Å².